The average Bonchev–Trinajstić information content (AvgIpc) is 2.78. The maximum atomic E-state index is 14.4. The summed E-state index contributed by atoms with van der Waals surface area (Å²) in [5.74, 6) is -2.86. The number of amides is 2. The van der Waals surface area contributed by atoms with E-state index in [0.29, 0.717) is 0 Å². The third kappa shape index (κ3) is 5.49. The van der Waals surface area contributed by atoms with Crippen molar-refractivity contribution in [3.8, 4) is 0 Å². The number of carbonyl (C=O) groups is 3. The van der Waals surface area contributed by atoms with Crippen LogP contribution in [0.3, 0.4) is 0 Å². The molecule has 33 heavy (non-hydrogen) atoms. The van der Waals surface area contributed by atoms with Crippen molar-refractivity contribution in [3.63, 3.8) is 0 Å². The largest absolute Gasteiger partial charge is 0.463 e. The first-order chi connectivity index (χ1) is 15.6. The van der Waals surface area contributed by atoms with Gasteiger partial charge < -0.3 is 24.8 Å². The molecule has 0 aromatic heterocycles. The van der Waals surface area contributed by atoms with Gasteiger partial charge in [0.1, 0.15) is 12.4 Å². The average molecular weight is 485 g/mol. The molecule has 2 aliphatic rings. The molecular formula is C20H24FN3O8S. The third-order valence-electron chi connectivity index (χ3n) is 4.98. The standard InChI is InChI=1S/C20H24FN3O8S/c1-3-31-19(26)17-12(2)22-20(27)23-16(17)11-32-18(25)14-10-13(4-5-15(14)21)33(28,29)24-6-8-30-9-7-24/h4-5,10,12H,3,6-9,11H2,1-2H3,(H2,22,23,27)/t12-/m0/s1. The van der Waals surface area contributed by atoms with E-state index in [9.17, 15) is 27.2 Å². The Morgan fingerprint density at radius 2 is 1.91 bits per heavy atom. The minimum absolute atomic E-state index is 0.0180. The Kier molecular flexibility index (Phi) is 7.66. The molecule has 11 nitrogen and oxygen atoms in total. The Hall–Kier alpha value is -3.03. The molecule has 0 spiro atoms. The molecule has 180 valence electrons. The molecule has 1 atom stereocenters. The van der Waals surface area contributed by atoms with Crippen molar-refractivity contribution in [2.75, 3.05) is 39.5 Å². The molecule has 2 amide bonds. The molecule has 1 aromatic carbocycles. The van der Waals surface area contributed by atoms with Crippen molar-refractivity contribution < 1.29 is 41.4 Å². The molecular weight excluding hydrogens is 461 g/mol. The summed E-state index contributed by atoms with van der Waals surface area (Å²) in [6.07, 6.45) is 0. The fourth-order valence-corrected chi connectivity index (χ4v) is 4.80. The van der Waals surface area contributed by atoms with Gasteiger partial charge in [0.05, 0.1) is 47.6 Å². The highest BCUT2D eigenvalue weighted by atomic mass is 32.2. The lowest BCUT2D eigenvalue weighted by molar-refractivity contribution is -0.139. The Bertz CT molecular complexity index is 1080. The molecule has 1 aromatic rings. The Morgan fingerprint density at radius 1 is 1.21 bits per heavy atom. The number of hydrogen-bond acceptors (Lipinski definition) is 8. The van der Waals surface area contributed by atoms with Gasteiger partial charge in [0.2, 0.25) is 10.0 Å². The fourth-order valence-electron chi connectivity index (χ4n) is 3.37. The van der Waals surface area contributed by atoms with Gasteiger partial charge in [-0.15, -0.1) is 0 Å². The minimum Gasteiger partial charge on any atom is -0.463 e. The number of morpholine rings is 1. The van der Waals surface area contributed by atoms with E-state index in [4.69, 9.17) is 14.2 Å². The van der Waals surface area contributed by atoms with E-state index < -0.39 is 52.0 Å². The molecule has 2 heterocycles. The summed E-state index contributed by atoms with van der Waals surface area (Å²) in [5, 5.41) is 4.87. The number of rotatable bonds is 7. The summed E-state index contributed by atoms with van der Waals surface area (Å²) in [4.78, 5) is 36.3. The predicted molar refractivity (Wildman–Crippen MR) is 111 cm³/mol. The van der Waals surface area contributed by atoms with Crippen molar-refractivity contribution in [1.82, 2.24) is 14.9 Å². The van der Waals surface area contributed by atoms with Crippen molar-refractivity contribution in [3.05, 3.63) is 40.8 Å². The van der Waals surface area contributed by atoms with Gasteiger partial charge in [-0.05, 0) is 32.0 Å². The number of halogens is 1. The fraction of sp³-hybridized carbons (Fsp3) is 0.450. The maximum absolute atomic E-state index is 14.4. The lowest BCUT2D eigenvalue weighted by Gasteiger charge is -2.26. The second-order valence-corrected chi connectivity index (χ2v) is 9.11. The SMILES string of the molecule is CCOC(=O)C1=C(COC(=O)c2cc(S(=O)(=O)N3CCOCC3)ccc2F)NC(=O)N[C@H]1C. The number of hydrogen-bond donors (Lipinski definition) is 2. The predicted octanol–water partition coefficient (Wildman–Crippen LogP) is 0.522. The van der Waals surface area contributed by atoms with Crippen LogP contribution < -0.4 is 10.6 Å². The van der Waals surface area contributed by atoms with Crippen LogP contribution in [0.5, 0.6) is 0 Å². The number of nitrogens with zero attached hydrogens (tertiary/aromatic N) is 1. The first kappa shape index (κ1) is 24.6. The van der Waals surface area contributed by atoms with Crippen LogP contribution in [0.4, 0.5) is 9.18 Å². The molecule has 1 fully saturated rings. The molecule has 0 aliphatic carbocycles. The monoisotopic (exact) mass is 485 g/mol. The molecule has 0 saturated carbocycles. The highest BCUT2D eigenvalue weighted by molar-refractivity contribution is 7.89. The molecule has 13 heteroatoms. The first-order valence-corrected chi connectivity index (χ1v) is 11.6. The molecule has 3 rings (SSSR count). The van der Waals surface area contributed by atoms with Gasteiger partial charge >= 0.3 is 18.0 Å². The number of sulfonamides is 1. The lowest BCUT2D eigenvalue weighted by Crippen LogP contribution is -2.50. The van der Waals surface area contributed by atoms with Gasteiger partial charge in [0.15, 0.2) is 0 Å². The maximum Gasteiger partial charge on any atom is 0.341 e. The van der Waals surface area contributed by atoms with Crippen molar-refractivity contribution in [2.45, 2.75) is 24.8 Å². The van der Waals surface area contributed by atoms with Crippen LogP contribution in [-0.4, -0.2) is 76.3 Å². The summed E-state index contributed by atoms with van der Waals surface area (Å²) < 4.78 is 56.4. The van der Waals surface area contributed by atoms with Crippen molar-refractivity contribution in [1.29, 1.82) is 0 Å². The zero-order valence-corrected chi connectivity index (χ0v) is 18.9. The second kappa shape index (κ2) is 10.3. The Morgan fingerprint density at radius 3 is 2.58 bits per heavy atom. The topological polar surface area (TPSA) is 140 Å². The number of nitrogens with one attached hydrogen (secondary N) is 2. The van der Waals surface area contributed by atoms with Crippen LogP contribution in [0, 0.1) is 5.82 Å². The van der Waals surface area contributed by atoms with Gasteiger partial charge in [-0.2, -0.15) is 4.31 Å². The highest BCUT2D eigenvalue weighted by Gasteiger charge is 2.31. The second-order valence-electron chi connectivity index (χ2n) is 7.17. The van der Waals surface area contributed by atoms with E-state index >= 15 is 0 Å². The van der Waals surface area contributed by atoms with Crippen molar-refractivity contribution >= 4 is 28.0 Å². The molecule has 2 aliphatic heterocycles. The minimum atomic E-state index is -3.97. The van der Waals surface area contributed by atoms with Crippen LogP contribution in [0.1, 0.15) is 24.2 Å². The summed E-state index contributed by atoms with van der Waals surface area (Å²) in [6, 6.07) is 1.48. The smallest absolute Gasteiger partial charge is 0.341 e. The van der Waals surface area contributed by atoms with Gasteiger partial charge in [-0.3, -0.25) is 0 Å². The van der Waals surface area contributed by atoms with E-state index in [1.54, 1.807) is 13.8 Å². The van der Waals surface area contributed by atoms with Crippen LogP contribution in [-0.2, 0) is 29.0 Å². The summed E-state index contributed by atoms with van der Waals surface area (Å²) in [5.41, 5.74) is -0.570. The summed E-state index contributed by atoms with van der Waals surface area (Å²) >= 11 is 0. The van der Waals surface area contributed by atoms with Crippen LogP contribution in [0.15, 0.2) is 34.4 Å². The third-order valence-corrected chi connectivity index (χ3v) is 6.87. The number of ether oxygens (including phenoxy) is 3. The van der Waals surface area contributed by atoms with Crippen LogP contribution >= 0.6 is 0 Å². The van der Waals surface area contributed by atoms with E-state index in [2.05, 4.69) is 10.6 Å². The van der Waals surface area contributed by atoms with Gasteiger partial charge in [0, 0.05) is 13.1 Å². The zero-order chi connectivity index (χ0) is 24.2. The van der Waals surface area contributed by atoms with E-state index in [1.165, 1.54) is 4.31 Å². The molecule has 2 N–H and O–H groups in total. The van der Waals surface area contributed by atoms with Gasteiger partial charge in [0.25, 0.3) is 0 Å². The van der Waals surface area contributed by atoms with Gasteiger partial charge in [-0.1, -0.05) is 0 Å². The van der Waals surface area contributed by atoms with Crippen LogP contribution in [0.25, 0.3) is 0 Å². The van der Waals surface area contributed by atoms with Gasteiger partial charge in [-0.25, -0.2) is 27.2 Å². The number of urea groups is 1. The summed E-state index contributed by atoms with van der Waals surface area (Å²) in [6.45, 7) is 3.41. The Balaban J connectivity index is 1.82. The Labute approximate surface area is 189 Å². The first-order valence-electron chi connectivity index (χ1n) is 10.2. The van der Waals surface area contributed by atoms with Crippen LogP contribution in [0.2, 0.25) is 0 Å². The zero-order valence-electron chi connectivity index (χ0n) is 18.1. The van der Waals surface area contributed by atoms with E-state index in [1.807, 2.05) is 0 Å². The normalized spacial score (nSPS) is 19.5. The molecule has 0 unspecified atom stereocenters. The summed E-state index contributed by atoms with van der Waals surface area (Å²) in [7, 11) is -3.97. The number of carbonyl (C=O) groups excluding carboxylic acids is 3. The lowest BCUT2D eigenvalue weighted by atomic mass is 10.0. The molecule has 0 radical (unpaired) electrons. The molecule has 0 bridgehead atoms. The van der Waals surface area contributed by atoms with E-state index in [-0.39, 0.29) is 49.1 Å². The number of esters is 2. The van der Waals surface area contributed by atoms with E-state index in [0.717, 1.165) is 18.2 Å². The quantitative estimate of drug-likeness (QED) is 0.533. The molecule has 1 saturated heterocycles. The van der Waals surface area contributed by atoms with Crippen molar-refractivity contribution in [2.24, 2.45) is 0 Å². The number of benzene rings is 1. The highest BCUT2D eigenvalue weighted by Crippen LogP contribution is 2.21.